The first-order valence-corrected chi connectivity index (χ1v) is 7.41. The fourth-order valence-corrected chi connectivity index (χ4v) is 3.29. The van der Waals surface area contributed by atoms with Crippen LogP contribution in [0.5, 0.6) is 0 Å². The van der Waals surface area contributed by atoms with Gasteiger partial charge < -0.3 is 4.57 Å². The molecule has 0 unspecified atom stereocenters. The van der Waals surface area contributed by atoms with Gasteiger partial charge in [-0.3, -0.25) is 9.89 Å². The Labute approximate surface area is 124 Å². The highest BCUT2D eigenvalue weighted by Crippen LogP contribution is 2.31. The molecule has 0 spiro atoms. The van der Waals surface area contributed by atoms with Crippen LogP contribution in [0.1, 0.15) is 5.69 Å². The van der Waals surface area contributed by atoms with Crippen molar-refractivity contribution in [3.05, 3.63) is 64.2 Å². The van der Waals surface area contributed by atoms with Crippen molar-refractivity contribution >= 4 is 17.0 Å². The number of hydrogen-bond acceptors (Lipinski definition) is 3. The molecule has 0 aliphatic heterocycles. The average molecular weight is 296 g/mol. The van der Waals surface area contributed by atoms with E-state index in [1.165, 1.54) is 10.6 Å². The number of aromatic amines is 1. The van der Waals surface area contributed by atoms with Crippen molar-refractivity contribution in [2.75, 3.05) is 0 Å². The third-order valence-electron chi connectivity index (χ3n) is 3.35. The predicted molar refractivity (Wildman–Crippen MR) is 83.2 cm³/mol. The van der Waals surface area contributed by atoms with E-state index in [0.717, 1.165) is 22.0 Å². The molecule has 0 saturated carbocycles. The van der Waals surface area contributed by atoms with Crippen molar-refractivity contribution in [3.8, 4) is 16.3 Å². The smallest absolute Gasteiger partial charge is 0.272 e. The molecular weight excluding hydrogens is 284 g/mol. The van der Waals surface area contributed by atoms with E-state index >= 15 is 0 Å². The summed E-state index contributed by atoms with van der Waals surface area (Å²) in [5.41, 5.74) is 3.25. The van der Waals surface area contributed by atoms with Crippen LogP contribution in [0.15, 0.2) is 52.9 Å². The summed E-state index contributed by atoms with van der Waals surface area (Å²) in [5.74, 6) is 0. The predicted octanol–water partition coefficient (Wildman–Crippen LogP) is 2.85. The van der Waals surface area contributed by atoms with Gasteiger partial charge in [0.05, 0.1) is 16.3 Å². The quantitative estimate of drug-likeness (QED) is 0.618. The van der Waals surface area contributed by atoms with Crippen molar-refractivity contribution in [2.24, 2.45) is 0 Å². The van der Waals surface area contributed by atoms with E-state index < -0.39 is 0 Å². The number of aryl methyl sites for hydroxylation is 1. The molecule has 21 heavy (non-hydrogen) atoms. The molecule has 0 atom stereocenters. The fraction of sp³-hybridized carbons (Fsp3) is 0.0667. The summed E-state index contributed by atoms with van der Waals surface area (Å²) >= 11 is 1.63. The zero-order valence-electron chi connectivity index (χ0n) is 11.3. The average Bonchev–Trinajstić information content (AvgIpc) is 3.17. The molecule has 104 valence electrons. The van der Waals surface area contributed by atoms with Gasteiger partial charge in [-0.15, -0.1) is 11.3 Å². The van der Waals surface area contributed by atoms with E-state index in [-0.39, 0.29) is 5.56 Å². The van der Waals surface area contributed by atoms with Crippen LogP contribution in [-0.4, -0.2) is 19.2 Å². The van der Waals surface area contributed by atoms with Crippen LogP contribution in [0.2, 0.25) is 0 Å². The third kappa shape index (κ3) is 1.92. The molecule has 4 heterocycles. The highest BCUT2D eigenvalue weighted by atomic mass is 32.1. The standard InChI is InChI=1S/C15H12N4OS/c1-10-8-14(20)19-13(16-10)9-11(17-19)15-12(4-7-21-15)18-5-2-3-6-18/h2-9,17H,1H3. The molecule has 0 bridgehead atoms. The SMILES string of the molecule is Cc1cc(=O)n2[nH]c(-c3sccc3-n3cccc3)cc2n1. The molecule has 1 N–H and O–H groups in total. The van der Waals surface area contributed by atoms with Gasteiger partial charge in [0.15, 0.2) is 5.65 Å². The first-order chi connectivity index (χ1) is 10.2. The van der Waals surface area contributed by atoms with Crippen molar-refractivity contribution in [3.63, 3.8) is 0 Å². The molecule has 0 radical (unpaired) electrons. The second-order valence-electron chi connectivity index (χ2n) is 4.82. The molecule has 6 heteroatoms. The number of nitrogens with one attached hydrogen (secondary N) is 1. The van der Waals surface area contributed by atoms with Gasteiger partial charge in [0.2, 0.25) is 0 Å². The Morgan fingerprint density at radius 1 is 1.24 bits per heavy atom. The van der Waals surface area contributed by atoms with Gasteiger partial charge in [0.1, 0.15) is 0 Å². The lowest BCUT2D eigenvalue weighted by Crippen LogP contribution is -2.14. The number of rotatable bonds is 2. The molecular formula is C15H12N4OS. The molecule has 0 fully saturated rings. The monoisotopic (exact) mass is 296 g/mol. The maximum Gasteiger partial charge on any atom is 0.272 e. The van der Waals surface area contributed by atoms with Crippen LogP contribution in [0.25, 0.3) is 21.9 Å². The Morgan fingerprint density at radius 3 is 2.86 bits per heavy atom. The molecule has 4 aromatic rings. The summed E-state index contributed by atoms with van der Waals surface area (Å²) in [6.07, 6.45) is 4.01. The third-order valence-corrected chi connectivity index (χ3v) is 4.29. The van der Waals surface area contributed by atoms with Crippen molar-refractivity contribution in [1.82, 2.24) is 19.2 Å². The van der Waals surface area contributed by atoms with Gasteiger partial charge in [-0.1, -0.05) is 0 Å². The number of hydrogen-bond donors (Lipinski definition) is 1. The molecule has 0 amide bonds. The maximum absolute atomic E-state index is 12.0. The molecule has 4 aromatic heterocycles. The highest BCUT2D eigenvalue weighted by molar-refractivity contribution is 7.14. The summed E-state index contributed by atoms with van der Waals surface area (Å²) < 4.78 is 3.53. The number of aromatic nitrogens is 4. The molecule has 0 aliphatic rings. The number of thiophene rings is 1. The van der Waals surface area contributed by atoms with E-state index in [1.807, 2.05) is 42.9 Å². The minimum Gasteiger partial charge on any atom is -0.322 e. The zero-order chi connectivity index (χ0) is 14.4. The largest absolute Gasteiger partial charge is 0.322 e. The Hall–Kier alpha value is -2.60. The van der Waals surface area contributed by atoms with E-state index in [0.29, 0.717) is 5.65 Å². The van der Waals surface area contributed by atoms with Crippen molar-refractivity contribution < 1.29 is 0 Å². The summed E-state index contributed by atoms with van der Waals surface area (Å²) in [7, 11) is 0. The lowest BCUT2D eigenvalue weighted by atomic mass is 10.3. The number of fused-ring (bicyclic) bond motifs is 1. The maximum atomic E-state index is 12.0. The van der Waals surface area contributed by atoms with E-state index in [9.17, 15) is 4.79 Å². The summed E-state index contributed by atoms with van der Waals surface area (Å²) in [5, 5.41) is 5.17. The molecule has 0 aromatic carbocycles. The fourth-order valence-electron chi connectivity index (χ4n) is 2.43. The van der Waals surface area contributed by atoms with Gasteiger partial charge in [0.25, 0.3) is 5.56 Å². The number of H-pyrrole nitrogens is 1. The van der Waals surface area contributed by atoms with Crippen LogP contribution >= 0.6 is 11.3 Å². The molecule has 5 nitrogen and oxygen atoms in total. The molecule has 0 aliphatic carbocycles. The lowest BCUT2D eigenvalue weighted by molar-refractivity contribution is 0.893. The van der Waals surface area contributed by atoms with Gasteiger partial charge in [-0.25, -0.2) is 9.50 Å². The van der Waals surface area contributed by atoms with E-state index in [2.05, 4.69) is 20.7 Å². The van der Waals surface area contributed by atoms with Gasteiger partial charge in [-0.05, 0) is 30.5 Å². The summed E-state index contributed by atoms with van der Waals surface area (Å²) in [4.78, 5) is 17.5. The van der Waals surface area contributed by atoms with Crippen LogP contribution in [0, 0.1) is 6.92 Å². The van der Waals surface area contributed by atoms with Gasteiger partial charge in [-0.2, -0.15) is 0 Å². The normalized spacial score (nSPS) is 11.3. The Morgan fingerprint density at radius 2 is 2.05 bits per heavy atom. The Kier molecular flexibility index (Phi) is 2.58. The Bertz CT molecular complexity index is 975. The molecule has 0 saturated heterocycles. The molecule has 4 rings (SSSR count). The van der Waals surface area contributed by atoms with Crippen LogP contribution < -0.4 is 5.56 Å². The van der Waals surface area contributed by atoms with Gasteiger partial charge >= 0.3 is 0 Å². The van der Waals surface area contributed by atoms with Crippen LogP contribution in [0.3, 0.4) is 0 Å². The van der Waals surface area contributed by atoms with Crippen molar-refractivity contribution in [2.45, 2.75) is 6.92 Å². The first kappa shape index (κ1) is 12.2. The van der Waals surface area contributed by atoms with Crippen LogP contribution in [-0.2, 0) is 0 Å². The van der Waals surface area contributed by atoms with E-state index in [4.69, 9.17) is 0 Å². The second kappa shape index (κ2) is 4.46. The van der Waals surface area contributed by atoms with Crippen molar-refractivity contribution in [1.29, 1.82) is 0 Å². The first-order valence-electron chi connectivity index (χ1n) is 6.53. The Balaban J connectivity index is 1.94. The summed E-state index contributed by atoms with van der Waals surface area (Å²) in [6.45, 7) is 1.82. The minimum absolute atomic E-state index is 0.0946. The topological polar surface area (TPSA) is 55.1 Å². The minimum atomic E-state index is -0.0946. The van der Waals surface area contributed by atoms with Gasteiger partial charge in [0, 0.05) is 30.2 Å². The van der Waals surface area contributed by atoms with E-state index in [1.54, 1.807) is 11.3 Å². The number of nitrogens with zero attached hydrogens (tertiary/aromatic N) is 3. The lowest BCUT2D eigenvalue weighted by Gasteiger charge is -2.02. The second-order valence-corrected chi connectivity index (χ2v) is 5.74. The zero-order valence-corrected chi connectivity index (χ0v) is 12.1. The summed E-state index contributed by atoms with van der Waals surface area (Å²) in [6, 6.07) is 9.47. The highest BCUT2D eigenvalue weighted by Gasteiger charge is 2.12. The van der Waals surface area contributed by atoms with Crippen LogP contribution in [0.4, 0.5) is 0 Å².